The zero-order valence-electron chi connectivity index (χ0n) is 13.5. The fourth-order valence-electron chi connectivity index (χ4n) is 2.21. The minimum absolute atomic E-state index is 0.105. The molecule has 0 radical (unpaired) electrons. The van der Waals surface area contributed by atoms with Crippen molar-refractivity contribution < 1.29 is 9.53 Å². The zero-order valence-corrected chi connectivity index (χ0v) is 13.5. The second kappa shape index (κ2) is 6.95. The smallest absolute Gasteiger partial charge is 0.362 e. The van der Waals surface area contributed by atoms with Crippen molar-refractivity contribution in [2.24, 2.45) is 5.10 Å². The van der Waals surface area contributed by atoms with E-state index < -0.39 is 5.97 Å². The van der Waals surface area contributed by atoms with Crippen LogP contribution in [0.15, 0.2) is 53.6 Å². The van der Waals surface area contributed by atoms with Gasteiger partial charge in [-0.05, 0) is 38.1 Å². The lowest BCUT2D eigenvalue weighted by atomic mass is 10.2. The highest BCUT2D eigenvalue weighted by Gasteiger charge is 2.19. The van der Waals surface area contributed by atoms with Crippen molar-refractivity contribution in [1.82, 2.24) is 9.97 Å². The molecule has 0 saturated heterocycles. The van der Waals surface area contributed by atoms with E-state index in [2.05, 4.69) is 20.5 Å². The van der Waals surface area contributed by atoms with Gasteiger partial charge in [0.1, 0.15) is 0 Å². The normalized spacial score (nSPS) is 11.5. The molecular weight excluding hydrogens is 304 g/mol. The van der Waals surface area contributed by atoms with Crippen molar-refractivity contribution in [2.45, 2.75) is 13.8 Å². The number of nitrogens with zero attached hydrogens (tertiary/aromatic N) is 2. The molecule has 0 aliphatic rings. The molecule has 0 amide bonds. The van der Waals surface area contributed by atoms with Crippen LogP contribution in [0.2, 0.25) is 0 Å². The minimum Gasteiger partial charge on any atom is -0.461 e. The number of hydrogen-bond donors (Lipinski definition) is 2. The molecule has 6 nitrogen and oxygen atoms in total. The van der Waals surface area contributed by atoms with E-state index in [-0.39, 0.29) is 12.3 Å². The highest BCUT2D eigenvalue weighted by atomic mass is 16.5. The van der Waals surface area contributed by atoms with Crippen LogP contribution in [0.3, 0.4) is 0 Å². The first kappa shape index (κ1) is 15.7. The molecule has 0 aliphatic carbocycles. The molecule has 0 atom stereocenters. The van der Waals surface area contributed by atoms with Crippen molar-refractivity contribution >= 4 is 28.4 Å². The lowest BCUT2D eigenvalue weighted by molar-refractivity contribution is -0.134. The number of hydrazone groups is 1. The Morgan fingerprint density at radius 1 is 1.21 bits per heavy atom. The predicted molar refractivity (Wildman–Crippen MR) is 94.1 cm³/mol. The number of carbonyl (C=O) groups is 1. The third kappa shape index (κ3) is 3.43. The number of benzene rings is 2. The maximum Gasteiger partial charge on any atom is 0.362 e. The van der Waals surface area contributed by atoms with Crippen LogP contribution in [0.4, 0.5) is 5.69 Å². The highest BCUT2D eigenvalue weighted by Crippen LogP contribution is 2.13. The molecule has 0 unspecified atom stereocenters. The molecule has 0 bridgehead atoms. The Kier molecular flexibility index (Phi) is 4.56. The van der Waals surface area contributed by atoms with Gasteiger partial charge in [0.15, 0.2) is 5.82 Å². The van der Waals surface area contributed by atoms with Gasteiger partial charge in [-0.3, -0.25) is 5.43 Å². The lowest BCUT2D eigenvalue weighted by Gasteiger charge is -2.05. The third-order valence-electron chi connectivity index (χ3n) is 3.43. The number of aryl methyl sites for hydroxylation is 1. The summed E-state index contributed by atoms with van der Waals surface area (Å²) >= 11 is 0. The molecule has 0 saturated carbocycles. The van der Waals surface area contributed by atoms with Crippen LogP contribution in [-0.2, 0) is 9.53 Å². The standard InChI is InChI=1S/C18H18N4O2/c1-3-24-18(23)16(22-21-13-10-8-12(2)9-11-13)17-19-14-6-4-5-7-15(14)20-17/h4-11,21H,3H2,1-2H3,(H,19,20). The Morgan fingerprint density at radius 3 is 2.67 bits per heavy atom. The SMILES string of the molecule is CCOC(=O)C(=NNc1ccc(C)cc1)c1nc2ccccc2[nH]1. The Morgan fingerprint density at radius 2 is 1.96 bits per heavy atom. The van der Waals surface area contributed by atoms with E-state index in [1.807, 2.05) is 55.5 Å². The molecule has 24 heavy (non-hydrogen) atoms. The number of imidazole rings is 1. The molecule has 0 aliphatic heterocycles. The van der Waals surface area contributed by atoms with Gasteiger partial charge in [-0.1, -0.05) is 29.8 Å². The van der Waals surface area contributed by atoms with Gasteiger partial charge < -0.3 is 9.72 Å². The summed E-state index contributed by atoms with van der Waals surface area (Å²) in [6, 6.07) is 15.2. The van der Waals surface area contributed by atoms with E-state index >= 15 is 0 Å². The molecule has 6 heteroatoms. The number of para-hydroxylation sites is 2. The second-order valence-electron chi connectivity index (χ2n) is 5.26. The molecule has 1 heterocycles. The lowest BCUT2D eigenvalue weighted by Crippen LogP contribution is -2.21. The maximum absolute atomic E-state index is 12.2. The first-order valence-electron chi connectivity index (χ1n) is 7.70. The summed E-state index contributed by atoms with van der Waals surface area (Å²) in [5, 5.41) is 4.21. The Hall–Kier alpha value is -3.15. The Labute approximate surface area is 139 Å². The average molecular weight is 322 g/mol. The second-order valence-corrected chi connectivity index (χ2v) is 5.26. The first-order valence-corrected chi connectivity index (χ1v) is 7.70. The zero-order chi connectivity index (χ0) is 16.9. The molecule has 0 spiro atoms. The number of rotatable bonds is 5. The van der Waals surface area contributed by atoms with Gasteiger partial charge in [-0.2, -0.15) is 5.10 Å². The molecule has 2 aromatic carbocycles. The number of hydrogen-bond acceptors (Lipinski definition) is 5. The number of carbonyl (C=O) groups excluding carboxylic acids is 1. The van der Waals surface area contributed by atoms with Gasteiger partial charge >= 0.3 is 5.97 Å². The van der Waals surface area contributed by atoms with Gasteiger partial charge in [-0.15, -0.1) is 0 Å². The minimum atomic E-state index is -0.531. The van der Waals surface area contributed by atoms with Crippen LogP contribution in [0.1, 0.15) is 18.3 Å². The number of anilines is 1. The monoisotopic (exact) mass is 322 g/mol. The van der Waals surface area contributed by atoms with E-state index in [4.69, 9.17) is 4.74 Å². The van der Waals surface area contributed by atoms with E-state index in [9.17, 15) is 4.79 Å². The summed E-state index contributed by atoms with van der Waals surface area (Å²) in [4.78, 5) is 19.8. The number of aromatic nitrogens is 2. The Balaban J connectivity index is 1.94. The van der Waals surface area contributed by atoms with Crippen LogP contribution >= 0.6 is 0 Å². The number of aromatic amines is 1. The molecule has 0 fully saturated rings. The van der Waals surface area contributed by atoms with Crippen molar-refractivity contribution in [3.63, 3.8) is 0 Å². The largest absolute Gasteiger partial charge is 0.461 e. The van der Waals surface area contributed by atoms with Crippen molar-refractivity contribution in [2.75, 3.05) is 12.0 Å². The summed E-state index contributed by atoms with van der Waals surface area (Å²) in [5.41, 5.74) is 6.51. The van der Waals surface area contributed by atoms with Crippen molar-refractivity contribution in [3.8, 4) is 0 Å². The molecular formula is C18H18N4O2. The van der Waals surface area contributed by atoms with Crippen LogP contribution in [-0.4, -0.2) is 28.3 Å². The van der Waals surface area contributed by atoms with Crippen LogP contribution in [0.5, 0.6) is 0 Å². The van der Waals surface area contributed by atoms with E-state index in [1.165, 1.54) is 0 Å². The summed E-state index contributed by atoms with van der Waals surface area (Å²) in [5.74, 6) is -0.162. The quantitative estimate of drug-likeness (QED) is 0.429. The summed E-state index contributed by atoms with van der Waals surface area (Å²) in [6.07, 6.45) is 0. The Bertz CT molecular complexity index is 848. The number of H-pyrrole nitrogens is 1. The van der Waals surface area contributed by atoms with Crippen LogP contribution < -0.4 is 5.43 Å². The van der Waals surface area contributed by atoms with Crippen LogP contribution in [0.25, 0.3) is 11.0 Å². The molecule has 1 aromatic heterocycles. The fourth-order valence-corrected chi connectivity index (χ4v) is 2.21. The van der Waals surface area contributed by atoms with Crippen molar-refractivity contribution in [1.29, 1.82) is 0 Å². The van der Waals surface area contributed by atoms with Gasteiger partial charge in [0, 0.05) is 0 Å². The number of nitrogens with one attached hydrogen (secondary N) is 2. The topological polar surface area (TPSA) is 79.4 Å². The predicted octanol–water partition coefficient (Wildman–Crippen LogP) is 3.25. The maximum atomic E-state index is 12.2. The number of esters is 1. The summed E-state index contributed by atoms with van der Waals surface area (Å²) in [6.45, 7) is 4.02. The summed E-state index contributed by atoms with van der Waals surface area (Å²) < 4.78 is 5.09. The number of ether oxygens (including phenoxy) is 1. The van der Waals surface area contributed by atoms with Crippen LogP contribution in [0, 0.1) is 6.92 Å². The number of fused-ring (bicyclic) bond motifs is 1. The van der Waals surface area contributed by atoms with E-state index in [0.29, 0.717) is 5.82 Å². The van der Waals surface area contributed by atoms with Gasteiger partial charge in [-0.25, -0.2) is 9.78 Å². The van der Waals surface area contributed by atoms with E-state index in [0.717, 1.165) is 22.3 Å². The molecule has 2 N–H and O–H groups in total. The van der Waals surface area contributed by atoms with Gasteiger partial charge in [0.25, 0.3) is 0 Å². The summed E-state index contributed by atoms with van der Waals surface area (Å²) in [7, 11) is 0. The first-order chi connectivity index (χ1) is 11.7. The van der Waals surface area contributed by atoms with Gasteiger partial charge in [0.05, 0.1) is 23.3 Å². The van der Waals surface area contributed by atoms with E-state index in [1.54, 1.807) is 6.92 Å². The van der Waals surface area contributed by atoms with Crippen molar-refractivity contribution in [3.05, 3.63) is 59.9 Å². The van der Waals surface area contributed by atoms with Gasteiger partial charge in [0.2, 0.25) is 5.71 Å². The molecule has 3 rings (SSSR count). The molecule has 122 valence electrons. The third-order valence-corrected chi connectivity index (χ3v) is 3.43. The highest BCUT2D eigenvalue weighted by molar-refractivity contribution is 6.42. The molecule has 3 aromatic rings. The average Bonchev–Trinajstić information content (AvgIpc) is 3.00. The fraction of sp³-hybridized carbons (Fsp3) is 0.167.